The van der Waals surface area contributed by atoms with Crippen LogP contribution in [0.1, 0.15) is 28.6 Å². The summed E-state index contributed by atoms with van der Waals surface area (Å²) in [6, 6.07) is 14.6. The molecule has 0 atom stereocenters. The van der Waals surface area contributed by atoms with Gasteiger partial charge in [0, 0.05) is 18.9 Å². The zero-order valence-corrected chi connectivity index (χ0v) is 20.1. The van der Waals surface area contributed by atoms with Crippen LogP contribution in [0.3, 0.4) is 0 Å². The number of rotatable bonds is 8. The van der Waals surface area contributed by atoms with Crippen molar-refractivity contribution < 1.29 is 17.9 Å². The number of benzene rings is 2. The number of carbonyl (C=O) groups is 1. The van der Waals surface area contributed by atoms with Crippen LogP contribution in [-0.4, -0.2) is 25.9 Å². The minimum Gasteiger partial charge on any atom is -0.492 e. The number of fused-ring (bicyclic) bond motifs is 1. The molecule has 0 aliphatic carbocycles. The van der Waals surface area contributed by atoms with E-state index in [0.717, 1.165) is 22.1 Å². The largest absolute Gasteiger partial charge is 0.492 e. The average molecular weight is 501 g/mol. The van der Waals surface area contributed by atoms with Gasteiger partial charge in [0.1, 0.15) is 5.75 Å². The number of nitrogens with zero attached hydrogens (tertiary/aromatic N) is 1. The molecule has 2 aromatic heterocycles. The van der Waals surface area contributed by atoms with Crippen molar-refractivity contribution in [1.29, 1.82) is 0 Å². The Morgan fingerprint density at radius 2 is 1.85 bits per heavy atom. The first-order chi connectivity index (χ1) is 15.9. The van der Waals surface area contributed by atoms with Crippen molar-refractivity contribution in [3.63, 3.8) is 0 Å². The number of pyridine rings is 1. The predicted octanol–water partition coefficient (Wildman–Crippen LogP) is 5.50. The lowest BCUT2D eigenvalue weighted by Gasteiger charge is -2.10. The number of hydrogen-bond donors (Lipinski definition) is 1. The number of sulfone groups is 1. The first-order valence-corrected chi connectivity index (χ1v) is 12.9. The van der Waals surface area contributed by atoms with Crippen molar-refractivity contribution in [2.75, 3.05) is 6.61 Å². The summed E-state index contributed by atoms with van der Waals surface area (Å²) < 4.78 is 32.4. The smallest absolute Gasteiger partial charge is 0.261 e. The van der Waals surface area contributed by atoms with Crippen LogP contribution in [-0.2, 0) is 16.4 Å². The van der Waals surface area contributed by atoms with Crippen molar-refractivity contribution in [3.05, 3.63) is 82.5 Å². The second-order valence-electron chi connectivity index (χ2n) is 7.29. The topological polar surface area (TPSA) is 85.4 Å². The molecule has 1 N–H and O–H groups in total. The molecule has 0 spiro atoms. The Bertz CT molecular complexity index is 1370. The van der Waals surface area contributed by atoms with Gasteiger partial charge < -0.3 is 10.1 Å². The van der Waals surface area contributed by atoms with Gasteiger partial charge in [0.25, 0.3) is 5.91 Å². The monoisotopic (exact) mass is 500 g/mol. The third-order valence-corrected chi connectivity index (χ3v) is 8.06. The van der Waals surface area contributed by atoms with Gasteiger partial charge in [0.2, 0.25) is 9.84 Å². The fraction of sp³-hybridized carbons (Fsp3) is 0.167. The molecule has 9 heteroatoms. The lowest BCUT2D eigenvalue weighted by molar-refractivity contribution is 0.0955. The minimum absolute atomic E-state index is 0.0941. The lowest BCUT2D eigenvalue weighted by atomic mass is 10.2. The van der Waals surface area contributed by atoms with Gasteiger partial charge >= 0.3 is 0 Å². The van der Waals surface area contributed by atoms with Crippen LogP contribution in [0.15, 0.2) is 76.8 Å². The predicted molar refractivity (Wildman–Crippen MR) is 130 cm³/mol. The van der Waals surface area contributed by atoms with Gasteiger partial charge in [0.15, 0.2) is 0 Å². The van der Waals surface area contributed by atoms with E-state index in [4.69, 9.17) is 16.3 Å². The van der Waals surface area contributed by atoms with E-state index in [2.05, 4.69) is 10.3 Å². The Morgan fingerprint density at radius 3 is 2.55 bits per heavy atom. The molecule has 6 nitrogen and oxygen atoms in total. The third-order valence-electron chi connectivity index (χ3n) is 4.91. The molecule has 2 aromatic carbocycles. The van der Waals surface area contributed by atoms with Crippen molar-refractivity contribution in [3.8, 4) is 5.75 Å². The Hall–Kier alpha value is -2.94. The minimum atomic E-state index is -3.74. The molecule has 0 aliphatic heterocycles. The van der Waals surface area contributed by atoms with Crippen LogP contribution < -0.4 is 10.1 Å². The number of hydrogen-bond acceptors (Lipinski definition) is 6. The molecular weight excluding hydrogens is 480 g/mol. The quantitative estimate of drug-likeness (QED) is 0.345. The molecule has 0 fully saturated rings. The van der Waals surface area contributed by atoms with Crippen molar-refractivity contribution in [2.45, 2.75) is 29.7 Å². The maximum atomic E-state index is 13.0. The number of aromatic nitrogens is 1. The summed E-state index contributed by atoms with van der Waals surface area (Å²) in [6.07, 6.45) is 4.24. The highest BCUT2D eigenvalue weighted by Crippen LogP contribution is 2.30. The van der Waals surface area contributed by atoms with Crippen LogP contribution in [0.2, 0.25) is 5.02 Å². The average Bonchev–Trinajstić information content (AvgIpc) is 3.26. The van der Waals surface area contributed by atoms with Gasteiger partial charge in [-0.2, -0.15) is 0 Å². The Balaban J connectivity index is 1.44. The number of nitrogens with one attached hydrogen (secondary N) is 1. The lowest BCUT2D eigenvalue weighted by Crippen LogP contribution is -2.21. The molecule has 2 heterocycles. The first kappa shape index (κ1) is 23.2. The maximum Gasteiger partial charge on any atom is 0.261 e. The van der Waals surface area contributed by atoms with E-state index in [0.29, 0.717) is 17.2 Å². The van der Waals surface area contributed by atoms with Crippen molar-refractivity contribution in [1.82, 2.24) is 10.3 Å². The van der Waals surface area contributed by atoms with Gasteiger partial charge in [-0.3, -0.25) is 9.78 Å². The zero-order chi connectivity index (χ0) is 23.4. The van der Waals surface area contributed by atoms with Crippen LogP contribution >= 0.6 is 22.9 Å². The maximum absolute atomic E-state index is 13.0. The Kier molecular flexibility index (Phi) is 6.97. The summed E-state index contributed by atoms with van der Waals surface area (Å²) in [5.74, 6) is 0.270. The van der Waals surface area contributed by atoms with Crippen LogP contribution in [0.5, 0.6) is 5.75 Å². The molecule has 4 rings (SSSR count). The second kappa shape index (κ2) is 9.91. The van der Waals surface area contributed by atoms with Crippen LogP contribution in [0.4, 0.5) is 0 Å². The van der Waals surface area contributed by atoms with E-state index < -0.39 is 9.84 Å². The van der Waals surface area contributed by atoms with Gasteiger partial charge in [-0.25, -0.2) is 8.42 Å². The van der Waals surface area contributed by atoms with Gasteiger partial charge in [-0.1, -0.05) is 30.7 Å². The van der Waals surface area contributed by atoms with Gasteiger partial charge in [-0.15, -0.1) is 11.3 Å². The molecule has 0 bridgehead atoms. The normalized spacial score (nSPS) is 11.5. The summed E-state index contributed by atoms with van der Waals surface area (Å²) in [4.78, 5) is 17.4. The molecule has 0 radical (unpaired) electrons. The molecule has 0 saturated heterocycles. The number of amides is 1. The summed E-state index contributed by atoms with van der Waals surface area (Å²) >= 11 is 7.58. The van der Waals surface area contributed by atoms with Crippen molar-refractivity contribution >= 4 is 48.8 Å². The summed E-state index contributed by atoms with van der Waals surface area (Å²) in [5.41, 5.74) is 0.784. The standard InChI is InChI=1S/C24H21ClN2O4S2/c1-2-11-31-21-8-7-19(13-20(21)25)33(29,30)18-5-3-16(4-6-18)14-27-24(28)22-12-17-9-10-26-15-23(17)32-22/h3-10,12-13,15H,2,11,14H2,1H3,(H,27,28). The number of halogens is 1. The zero-order valence-electron chi connectivity index (χ0n) is 17.7. The molecule has 0 unspecified atom stereocenters. The number of thiophene rings is 1. The molecule has 170 valence electrons. The van der Waals surface area contributed by atoms with Gasteiger partial charge in [0.05, 0.1) is 31.0 Å². The van der Waals surface area contributed by atoms with Crippen LogP contribution in [0.25, 0.3) is 10.1 Å². The van der Waals surface area contributed by atoms with Gasteiger partial charge in [-0.05, 0) is 59.8 Å². The second-order valence-corrected chi connectivity index (χ2v) is 10.7. The highest BCUT2D eigenvalue weighted by atomic mass is 35.5. The highest BCUT2D eigenvalue weighted by molar-refractivity contribution is 7.91. The summed E-state index contributed by atoms with van der Waals surface area (Å²) in [6.45, 7) is 2.76. The van der Waals surface area contributed by atoms with E-state index >= 15 is 0 Å². The number of ether oxygens (including phenoxy) is 1. The van der Waals surface area contributed by atoms with E-state index in [-0.39, 0.29) is 27.3 Å². The Morgan fingerprint density at radius 1 is 1.09 bits per heavy atom. The van der Waals surface area contributed by atoms with E-state index in [9.17, 15) is 13.2 Å². The molecule has 0 saturated carbocycles. The third kappa shape index (κ3) is 5.19. The molecule has 4 aromatic rings. The van der Waals surface area contributed by atoms with E-state index in [1.54, 1.807) is 30.6 Å². The fourth-order valence-electron chi connectivity index (χ4n) is 3.17. The summed E-state index contributed by atoms with van der Waals surface area (Å²) in [7, 11) is -3.74. The fourth-order valence-corrected chi connectivity index (χ4v) is 5.70. The SMILES string of the molecule is CCCOc1ccc(S(=O)(=O)c2ccc(CNC(=O)c3cc4ccncc4s3)cc2)cc1Cl. The molecule has 1 amide bonds. The van der Waals surface area contributed by atoms with Crippen LogP contribution in [0, 0.1) is 0 Å². The van der Waals surface area contributed by atoms with Crippen molar-refractivity contribution in [2.24, 2.45) is 0 Å². The number of carbonyl (C=O) groups excluding carboxylic acids is 1. The molecule has 33 heavy (non-hydrogen) atoms. The molecular formula is C24H21ClN2O4S2. The Labute approximate surface area is 201 Å². The first-order valence-electron chi connectivity index (χ1n) is 10.3. The van der Waals surface area contributed by atoms with E-state index in [1.807, 2.05) is 19.1 Å². The van der Waals surface area contributed by atoms with E-state index in [1.165, 1.54) is 35.6 Å². The highest BCUT2D eigenvalue weighted by Gasteiger charge is 2.19. The summed E-state index contributed by atoms with van der Waals surface area (Å²) in [5, 5.41) is 4.09. The molecule has 0 aliphatic rings.